The van der Waals surface area contributed by atoms with Gasteiger partial charge in [0, 0.05) is 13.0 Å². The summed E-state index contributed by atoms with van der Waals surface area (Å²) in [6.45, 7) is 11.2. The standard InChI is InChI=1S/C15H22O5/c1-6-10-9(3)12(16)11(8-15(10,4)5)20-14(18)13(17)19-7-2/h6,11,13,17H,1,7-8H2,2-5H3. The lowest BCUT2D eigenvalue weighted by molar-refractivity contribution is -0.189. The third-order valence-electron chi connectivity index (χ3n) is 3.48. The van der Waals surface area contributed by atoms with Crippen LogP contribution in [0.5, 0.6) is 0 Å². The molecule has 1 rings (SSSR count). The molecule has 0 spiro atoms. The van der Waals surface area contributed by atoms with Crippen LogP contribution in [0.4, 0.5) is 0 Å². The first-order valence-corrected chi connectivity index (χ1v) is 6.62. The first-order chi connectivity index (χ1) is 9.24. The lowest BCUT2D eigenvalue weighted by Gasteiger charge is -2.36. The average molecular weight is 282 g/mol. The van der Waals surface area contributed by atoms with Gasteiger partial charge in [0.05, 0.1) is 0 Å². The summed E-state index contributed by atoms with van der Waals surface area (Å²) in [6.07, 6.45) is -0.521. The number of hydrogen-bond acceptors (Lipinski definition) is 5. The van der Waals surface area contributed by atoms with E-state index >= 15 is 0 Å². The van der Waals surface area contributed by atoms with Gasteiger partial charge in [0.15, 0.2) is 11.9 Å². The van der Waals surface area contributed by atoms with Gasteiger partial charge in [-0.25, -0.2) is 4.79 Å². The molecule has 0 bridgehead atoms. The van der Waals surface area contributed by atoms with Crippen molar-refractivity contribution in [3.8, 4) is 0 Å². The van der Waals surface area contributed by atoms with Crippen LogP contribution in [0.1, 0.15) is 34.1 Å². The van der Waals surface area contributed by atoms with E-state index in [0.29, 0.717) is 12.0 Å². The molecule has 0 heterocycles. The highest BCUT2D eigenvalue weighted by atomic mass is 16.7. The number of ether oxygens (including phenoxy) is 2. The van der Waals surface area contributed by atoms with Gasteiger partial charge < -0.3 is 14.6 Å². The van der Waals surface area contributed by atoms with Crippen LogP contribution in [-0.2, 0) is 19.1 Å². The van der Waals surface area contributed by atoms with Crippen LogP contribution in [0.3, 0.4) is 0 Å². The summed E-state index contributed by atoms with van der Waals surface area (Å²) in [7, 11) is 0. The molecule has 0 saturated heterocycles. The molecule has 0 aromatic heterocycles. The molecule has 1 aliphatic carbocycles. The quantitative estimate of drug-likeness (QED) is 0.614. The second kappa shape index (κ2) is 6.33. The van der Waals surface area contributed by atoms with Crippen LogP contribution < -0.4 is 0 Å². The molecule has 2 atom stereocenters. The monoisotopic (exact) mass is 282 g/mol. The van der Waals surface area contributed by atoms with Crippen molar-refractivity contribution in [2.75, 3.05) is 6.61 Å². The number of hydrogen-bond donors (Lipinski definition) is 1. The number of aliphatic hydroxyl groups is 1. The molecule has 112 valence electrons. The number of carbonyl (C=O) groups excluding carboxylic acids is 2. The van der Waals surface area contributed by atoms with Crippen molar-refractivity contribution in [2.24, 2.45) is 5.41 Å². The van der Waals surface area contributed by atoms with E-state index in [2.05, 4.69) is 6.58 Å². The van der Waals surface area contributed by atoms with Gasteiger partial charge in [-0.05, 0) is 30.4 Å². The summed E-state index contributed by atoms with van der Waals surface area (Å²) in [4.78, 5) is 23.8. The van der Waals surface area contributed by atoms with Crippen LogP contribution in [0.2, 0.25) is 0 Å². The third-order valence-corrected chi connectivity index (χ3v) is 3.48. The number of ketones is 1. The molecule has 0 fully saturated rings. The summed E-state index contributed by atoms with van der Waals surface area (Å²) < 4.78 is 9.83. The predicted molar refractivity (Wildman–Crippen MR) is 73.8 cm³/mol. The highest BCUT2D eigenvalue weighted by Crippen LogP contribution is 2.40. The number of esters is 1. The van der Waals surface area contributed by atoms with E-state index in [-0.39, 0.29) is 17.8 Å². The smallest absolute Gasteiger partial charge is 0.364 e. The van der Waals surface area contributed by atoms with Crippen LogP contribution in [-0.4, -0.2) is 35.9 Å². The molecule has 0 aromatic carbocycles. The molecule has 2 unspecified atom stereocenters. The Morgan fingerprint density at radius 1 is 1.60 bits per heavy atom. The van der Waals surface area contributed by atoms with Gasteiger partial charge in [-0.15, -0.1) is 0 Å². The van der Waals surface area contributed by atoms with Crippen molar-refractivity contribution < 1.29 is 24.2 Å². The Bertz CT molecular complexity index is 447. The fourth-order valence-corrected chi connectivity index (χ4v) is 2.50. The number of allylic oxidation sites excluding steroid dienone is 2. The third kappa shape index (κ3) is 3.35. The Kier molecular flexibility index (Phi) is 5.25. The molecule has 0 amide bonds. The van der Waals surface area contributed by atoms with Gasteiger partial charge in [-0.2, -0.15) is 0 Å². The van der Waals surface area contributed by atoms with E-state index in [1.54, 1.807) is 19.9 Å². The number of aliphatic hydroxyl groups excluding tert-OH is 1. The Labute approximate surface area is 119 Å². The van der Waals surface area contributed by atoms with Gasteiger partial charge in [0.25, 0.3) is 6.29 Å². The predicted octanol–water partition coefficient (Wildman–Crippen LogP) is 1.75. The molecule has 1 aliphatic rings. The van der Waals surface area contributed by atoms with Crippen LogP contribution in [0.15, 0.2) is 23.8 Å². The maximum Gasteiger partial charge on any atom is 0.364 e. The zero-order valence-corrected chi connectivity index (χ0v) is 12.4. The fraction of sp³-hybridized carbons (Fsp3) is 0.600. The van der Waals surface area contributed by atoms with E-state index in [4.69, 9.17) is 9.47 Å². The van der Waals surface area contributed by atoms with Gasteiger partial charge >= 0.3 is 5.97 Å². The minimum atomic E-state index is -1.65. The molecule has 0 radical (unpaired) electrons. The molecular weight excluding hydrogens is 260 g/mol. The van der Waals surface area contributed by atoms with Gasteiger partial charge in [-0.3, -0.25) is 4.79 Å². The first kappa shape index (κ1) is 16.6. The Morgan fingerprint density at radius 3 is 2.70 bits per heavy atom. The number of Topliss-reactive ketones (excluding diaryl/α,β-unsaturated/α-hetero) is 1. The van der Waals surface area contributed by atoms with Gasteiger partial charge in [0.1, 0.15) is 0 Å². The largest absolute Gasteiger partial charge is 0.450 e. The molecule has 5 heteroatoms. The minimum Gasteiger partial charge on any atom is -0.450 e. The van der Waals surface area contributed by atoms with Crippen LogP contribution in [0.25, 0.3) is 0 Å². The Balaban J connectivity index is 2.90. The zero-order valence-electron chi connectivity index (χ0n) is 12.4. The lowest BCUT2D eigenvalue weighted by Crippen LogP contribution is -2.41. The second-order valence-electron chi connectivity index (χ2n) is 5.43. The SMILES string of the molecule is C=CC1=C(C)C(=O)C(OC(=O)C(O)OCC)CC1(C)C. The molecule has 0 aliphatic heterocycles. The molecule has 5 nitrogen and oxygen atoms in total. The van der Waals surface area contributed by atoms with Gasteiger partial charge in [0.2, 0.25) is 0 Å². The van der Waals surface area contributed by atoms with E-state index in [0.717, 1.165) is 5.57 Å². The van der Waals surface area contributed by atoms with Gasteiger partial charge in [-0.1, -0.05) is 26.5 Å². The lowest BCUT2D eigenvalue weighted by atomic mass is 9.71. The highest BCUT2D eigenvalue weighted by Gasteiger charge is 2.40. The summed E-state index contributed by atoms with van der Waals surface area (Å²) in [5.74, 6) is -1.19. The molecule has 0 saturated carbocycles. The van der Waals surface area contributed by atoms with Crippen LogP contribution >= 0.6 is 0 Å². The molecule has 20 heavy (non-hydrogen) atoms. The van der Waals surface area contributed by atoms with Crippen molar-refractivity contribution in [2.45, 2.75) is 46.5 Å². The van der Waals surface area contributed by atoms with E-state index in [1.165, 1.54) is 0 Å². The van der Waals surface area contributed by atoms with Crippen molar-refractivity contribution in [3.63, 3.8) is 0 Å². The van der Waals surface area contributed by atoms with Crippen LogP contribution in [0, 0.1) is 5.41 Å². The summed E-state index contributed by atoms with van der Waals surface area (Å²) >= 11 is 0. The van der Waals surface area contributed by atoms with Crippen molar-refractivity contribution in [1.29, 1.82) is 0 Å². The maximum atomic E-state index is 12.2. The second-order valence-corrected chi connectivity index (χ2v) is 5.43. The minimum absolute atomic E-state index is 0.180. The molecule has 0 aromatic rings. The van der Waals surface area contributed by atoms with E-state index in [9.17, 15) is 14.7 Å². The topological polar surface area (TPSA) is 72.8 Å². The fourth-order valence-electron chi connectivity index (χ4n) is 2.50. The maximum absolute atomic E-state index is 12.2. The van der Waals surface area contributed by atoms with E-state index < -0.39 is 18.4 Å². The molecule has 1 N–H and O–H groups in total. The highest BCUT2D eigenvalue weighted by molar-refractivity contribution is 6.01. The normalized spacial score (nSPS) is 23.4. The van der Waals surface area contributed by atoms with E-state index in [1.807, 2.05) is 13.8 Å². The number of carbonyl (C=O) groups is 2. The number of rotatable bonds is 5. The summed E-state index contributed by atoms with van der Waals surface area (Å²) in [5, 5.41) is 9.39. The van der Waals surface area contributed by atoms with Crippen molar-refractivity contribution in [1.82, 2.24) is 0 Å². The summed E-state index contributed by atoms with van der Waals surface area (Å²) in [6, 6.07) is 0. The molecular formula is C15H22O5. The first-order valence-electron chi connectivity index (χ1n) is 6.62. The Morgan fingerprint density at radius 2 is 2.20 bits per heavy atom. The average Bonchev–Trinajstić information content (AvgIpc) is 2.35. The van der Waals surface area contributed by atoms with Crippen molar-refractivity contribution in [3.05, 3.63) is 23.8 Å². The summed E-state index contributed by atoms with van der Waals surface area (Å²) in [5.41, 5.74) is 1.08. The zero-order chi connectivity index (χ0) is 15.5. The van der Waals surface area contributed by atoms with Crippen molar-refractivity contribution >= 4 is 11.8 Å². The Hall–Kier alpha value is -1.46.